The topological polar surface area (TPSA) is 50.2 Å². The van der Waals surface area contributed by atoms with Gasteiger partial charge in [0.1, 0.15) is 5.01 Å². The van der Waals surface area contributed by atoms with Crippen LogP contribution in [0.1, 0.15) is 23.7 Å². The number of hydrogen-bond donors (Lipinski definition) is 1. The number of carbonyl (C=O) groups is 1. The SMILES string of the molecule is C[C@H](NC(=O)N(C)Cc1cc(Cl)cn1C)c1nccs1. The van der Waals surface area contributed by atoms with Crippen LogP contribution in [0, 0.1) is 0 Å². The van der Waals surface area contributed by atoms with Crippen molar-refractivity contribution in [3.8, 4) is 0 Å². The van der Waals surface area contributed by atoms with Gasteiger partial charge in [0.15, 0.2) is 0 Å². The third-order valence-corrected chi connectivity index (χ3v) is 4.15. The first-order chi connectivity index (χ1) is 9.47. The molecule has 2 heterocycles. The van der Waals surface area contributed by atoms with Gasteiger partial charge in [-0.3, -0.25) is 0 Å². The number of amides is 2. The number of thiazole rings is 1. The van der Waals surface area contributed by atoms with E-state index in [1.54, 1.807) is 18.1 Å². The van der Waals surface area contributed by atoms with Gasteiger partial charge in [0.05, 0.1) is 17.6 Å². The normalized spacial score (nSPS) is 12.2. The van der Waals surface area contributed by atoms with E-state index >= 15 is 0 Å². The van der Waals surface area contributed by atoms with Crippen LogP contribution in [-0.2, 0) is 13.6 Å². The zero-order chi connectivity index (χ0) is 14.7. The summed E-state index contributed by atoms with van der Waals surface area (Å²) in [6.07, 6.45) is 3.55. The van der Waals surface area contributed by atoms with Crippen molar-refractivity contribution in [2.45, 2.75) is 19.5 Å². The summed E-state index contributed by atoms with van der Waals surface area (Å²) in [4.78, 5) is 17.9. The van der Waals surface area contributed by atoms with Crippen LogP contribution in [0.4, 0.5) is 4.79 Å². The van der Waals surface area contributed by atoms with Gasteiger partial charge in [0.2, 0.25) is 0 Å². The fourth-order valence-corrected chi connectivity index (χ4v) is 2.76. The van der Waals surface area contributed by atoms with E-state index in [4.69, 9.17) is 11.6 Å². The lowest BCUT2D eigenvalue weighted by Gasteiger charge is -2.20. The Balaban J connectivity index is 1.94. The van der Waals surface area contributed by atoms with Crippen molar-refractivity contribution in [3.05, 3.63) is 39.6 Å². The summed E-state index contributed by atoms with van der Waals surface area (Å²) in [5.41, 5.74) is 0.981. The molecule has 0 aromatic carbocycles. The number of aryl methyl sites for hydroxylation is 1. The number of nitrogens with one attached hydrogen (secondary N) is 1. The minimum absolute atomic E-state index is 0.0954. The second-order valence-electron chi connectivity index (χ2n) is 4.66. The van der Waals surface area contributed by atoms with Crippen LogP contribution in [0.15, 0.2) is 23.8 Å². The molecule has 20 heavy (non-hydrogen) atoms. The predicted molar refractivity (Wildman–Crippen MR) is 81.0 cm³/mol. The fourth-order valence-electron chi connectivity index (χ4n) is 1.84. The van der Waals surface area contributed by atoms with Gasteiger partial charge in [-0.2, -0.15) is 0 Å². The molecule has 0 bridgehead atoms. The third-order valence-electron chi connectivity index (χ3n) is 2.98. The summed E-state index contributed by atoms with van der Waals surface area (Å²) in [7, 11) is 3.66. The lowest BCUT2D eigenvalue weighted by atomic mass is 10.3. The van der Waals surface area contributed by atoms with Crippen molar-refractivity contribution >= 4 is 29.0 Å². The van der Waals surface area contributed by atoms with Crippen LogP contribution in [0.2, 0.25) is 5.02 Å². The number of urea groups is 1. The maximum absolute atomic E-state index is 12.1. The molecule has 2 aromatic rings. The molecule has 0 radical (unpaired) electrons. The van der Waals surface area contributed by atoms with Crippen LogP contribution < -0.4 is 5.32 Å². The zero-order valence-corrected chi connectivity index (χ0v) is 13.2. The summed E-state index contributed by atoms with van der Waals surface area (Å²) in [5.74, 6) is 0. The van der Waals surface area contributed by atoms with Crippen molar-refractivity contribution in [2.75, 3.05) is 7.05 Å². The average Bonchev–Trinajstić information content (AvgIpc) is 3.00. The van der Waals surface area contributed by atoms with Crippen molar-refractivity contribution < 1.29 is 4.79 Å². The van der Waals surface area contributed by atoms with Crippen molar-refractivity contribution in [2.24, 2.45) is 7.05 Å². The largest absolute Gasteiger partial charge is 0.351 e. The molecule has 0 saturated carbocycles. The fraction of sp³-hybridized carbons (Fsp3) is 0.385. The summed E-state index contributed by atoms with van der Waals surface area (Å²) < 4.78 is 1.91. The van der Waals surface area contributed by atoms with E-state index in [0.29, 0.717) is 11.6 Å². The van der Waals surface area contributed by atoms with Crippen molar-refractivity contribution in [3.63, 3.8) is 0 Å². The quantitative estimate of drug-likeness (QED) is 0.943. The first-order valence-electron chi connectivity index (χ1n) is 6.19. The number of aromatic nitrogens is 2. The highest BCUT2D eigenvalue weighted by molar-refractivity contribution is 7.09. The Morgan fingerprint density at radius 3 is 2.95 bits per heavy atom. The molecule has 0 aliphatic rings. The smallest absolute Gasteiger partial charge is 0.318 e. The molecule has 5 nitrogen and oxygen atoms in total. The standard InChI is InChI=1S/C13H17ClN4OS/c1-9(12-15-4-5-20-12)16-13(19)18(3)8-11-6-10(14)7-17(11)2/h4-7,9H,8H2,1-3H3,(H,16,19)/t9-/m0/s1. The Morgan fingerprint density at radius 1 is 1.65 bits per heavy atom. The molecular weight excluding hydrogens is 296 g/mol. The van der Waals surface area contributed by atoms with Gasteiger partial charge in [-0.15, -0.1) is 11.3 Å². The van der Waals surface area contributed by atoms with Gasteiger partial charge >= 0.3 is 6.03 Å². The van der Waals surface area contributed by atoms with Gasteiger partial charge in [0.25, 0.3) is 0 Å². The molecule has 0 fully saturated rings. The lowest BCUT2D eigenvalue weighted by Crippen LogP contribution is -2.38. The molecule has 0 saturated heterocycles. The highest BCUT2D eigenvalue weighted by Crippen LogP contribution is 2.16. The number of nitrogens with zero attached hydrogens (tertiary/aromatic N) is 3. The first kappa shape index (κ1) is 14.9. The summed E-state index contributed by atoms with van der Waals surface area (Å²) in [6, 6.07) is 1.63. The molecule has 0 spiro atoms. The van der Waals surface area contributed by atoms with E-state index in [9.17, 15) is 4.79 Å². The van der Waals surface area contributed by atoms with Gasteiger partial charge in [-0.25, -0.2) is 9.78 Å². The van der Waals surface area contributed by atoms with Crippen LogP contribution >= 0.6 is 22.9 Å². The predicted octanol–water partition coefficient (Wildman–Crippen LogP) is 3.04. The zero-order valence-electron chi connectivity index (χ0n) is 11.6. The highest BCUT2D eigenvalue weighted by Gasteiger charge is 2.16. The summed E-state index contributed by atoms with van der Waals surface area (Å²) >= 11 is 7.46. The molecule has 7 heteroatoms. The summed E-state index contributed by atoms with van der Waals surface area (Å²) in [5, 5.41) is 6.39. The van der Waals surface area contributed by atoms with E-state index in [1.165, 1.54) is 11.3 Å². The van der Waals surface area contributed by atoms with E-state index in [-0.39, 0.29) is 12.1 Å². The maximum atomic E-state index is 12.1. The first-order valence-corrected chi connectivity index (χ1v) is 7.45. The molecule has 1 N–H and O–H groups in total. The molecule has 0 aliphatic heterocycles. The van der Waals surface area contributed by atoms with Crippen molar-refractivity contribution in [1.29, 1.82) is 0 Å². The molecule has 2 aromatic heterocycles. The second-order valence-corrected chi connectivity index (χ2v) is 6.02. The second kappa shape index (κ2) is 6.28. The maximum Gasteiger partial charge on any atom is 0.318 e. The Bertz CT molecular complexity index is 581. The number of rotatable bonds is 4. The third kappa shape index (κ3) is 3.52. The highest BCUT2D eigenvalue weighted by atomic mass is 35.5. The van der Waals surface area contributed by atoms with Crippen molar-refractivity contribution in [1.82, 2.24) is 19.8 Å². The Hall–Kier alpha value is -1.53. The number of hydrogen-bond acceptors (Lipinski definition) is 3. The lowest BCUT2D eigenvalue weighted by molar-refractivity contribution is 0.202. The van der Waals surface area contributed by atoms with Gasteiger partial charge in [0, 0.05) is 37.6 Å². The number of carbonyl (C=O) groups excluding carboxylic acids is 1. The van der Waals surface area contributed by atoms with Crippen LogP contribution in [0.5, 0.6) is 0 Å². The van der Waals surface area contributed by atoms with E-state index in [0.717, 1.165) is 10.7 Å². The van der Waals surface area contributed by atoms with E-state index in [2.05, 4.69) is 10.3 Å². The Labute approximate surface area is 127 Å². The molecule has 0 aliphatic carbocycles. The summed E-state index contributed by atoms with van der Waals surface area (Å²) in [6.45, 7) is 2.42. The average molecular weight is 313 g/mol. The Kier molecular flexibility index (Phi) is 4.67. The van der Waals surface area contributed by atoms with Gasteiger partial charge in [-0.05, 0) is 13.0 Å². The Morgan fingerprint density at radius 2 is 2.40 bits per heavy atom. The van der Waals surface area contributed by atoms with Crippen LogP contribution in [0.3, 0.4) is 0 Å². The molecule has 2 rings (SSSR count). The van der Waals surface area contributed by atoms with Crippen LogP contribution in [-0.4, -0.2) is 27.5 Å². The van der Waals surface area contributed by atoms with Gasteiger partial charge in [-0.1, -0.05) is 11.6 Å². The molecule has 0 unspecified atom stereocenters. The molecule has 108 valence electrons. The molecular formula is C13H17ClN4OS. The molecule has 1 atom stereocenters. The minimum atomic E-state index is -0.134. The van der Waals surface area contributed by atoms with E-state index in [1.807, 2.05) is 36.2 Å². The van der Waals surface area contributed by atoms with Gasteiger partial charge < -0.3 is 14.8 Å². The molecule has 2 amide bonds. The van der Waals surface area contributed by atoms with E-state index < -0.39 is 0 Å². The minimum Gasteiger partial charge on any atom is -0.351 e. The van der Waals surface area contributed by atoms with Crippen LogP contribution in [0.25, 0.3) is 0 Å². The number of halogens is 1. The monoisotopic (exact) mass is 312 g/mol.